The van der Waals surface area contributed by atoms with Gasteiger partial charge in [0.25, 0.3) is 0 Å². The summed E-state index contributed by atoms with van der Waals surface area (Å²) < 4.78 is 3.07. The molecular formula is C19H20BrN5OS. The van der Waals surface area contributed by atoms with Gasteiger partial charge in [0.2, 0.25) is 5.91 Å². The van der Waals surface area contributed by atoms with E-state index in [0.717, 1.165) is 45.2 Å². The van der Waals surface area contributed by atoms with Crippen molar-refractivity contribution in [3.63, 3.8) is 0 Å². The minimum Gasteiger partial charge on any atom is -0.325 e. The second-order valence-corrected chi connectivity index (χ2v) is 7.79. The maximum Gasteiger partial charge on any atom is 0.234 e. The van der Waals surface area contributed by atoms with Gasteiger partial charge in [0.15, 0.2) is 11.0 Å². The summed E-state index contributed by atoms with van der Waals surface area (Å²) in [5.41, 5.74) is 2.83. The highest BCUT2D eigenvalue weighted by molar-refractivity contribution is 9.10. The Kier molecular flexibility index (Phi) is 6.63. The Balaban J connectivity index is 1.69. The van der Waals surface area contributed by atoms with E-state index in [1.165, 1.54) is 11.8 Å². The van der Waals surface area contributed by atoms with E-state index >= 15 is 0 Å². The molecule has 0 fully saturated rings. The first kappa shape index (κ1) is 19.6. The fourth-order valence-electron chi connectivity index (χ4n) is 2.58. The monoisotopic (exact) mass is 445 g/mol. The van der Waals surface area contributed by atoms with E-state index in [0.29, 0.717) is 0 Å². The lowest BCUT2D eigenvalue weighted by Crippen LogP contribution is -2.14. The van der Waals surface area contributed by atoms with Crippen LogP contribution in [0.5, 0.6) is 0 Å². The van der Waals surface area contributed by atoms with Gasteiger partial charge in [-0.25, -0.2) is 0 Å². The van der Waals surface area contributed by atoms with Gasteiger partial charge in [0.05, 0.1) is 5.75 Å². The first-order chi connectivity index (χ1) is 13.1. The van der Waals surface area contributed by atoms with Crippen LogP contribution in [0, 0.1) is 6.92 Å². The van der Waals surface area contributed by atoms with Crippen LogP contribution in [0.4, 0.5) is 5.69 Å². The Labute approximate surface area is 170 Å². The molecule has 140 valence electrons. The lowest BCUT2D eigenvalue weighted by atomic mass is 10.2. The number of rotatable bonds is 7. The number of pyridine rings is 1. The van der Waals surface area contributed by atoms with E-state index in [1.54, 1.807) is 12.4 Å². The molecule has 0 atom stereocenters. The standard InChI is InChI=1S/C19H20BrN5OS/c1-3-10-25-18(14-6-8-21-9-7-14)23-24-19(25)27-12-17(26)22-15-4-5-16(20)13(2)11-15/h4-9,11H,3,10,12H2,1-2H3,(H,22,26). The SMILES string of the molecule is CCCn1c(SCC(=O)Nc2ccc(Br)c(C)c2)nnc1-c1ccncc1. The molecule has 2 heterocycles. The van der Waals surface area contributed by atoms with Crippen molar-refractivity contribution in [3.05, 3.63) is 52.8 Å². The summed E-state index contributed by atoms with van der Waals surface area (Å²) in [6.07, 6.45) is 4.43. The summed E-state index contributed by atoms with van der Waals surface area (Å²) in [5, 5.41) is 12.3. The van der Waals surface area contributed by atoms with Gasteiger partial charge in [-0.15, -0.1) is 10.2 Å². The molecule has 0 radical (unpaired) electrons. The fraction of sp³-hybridized carbons (Fsp3) is 0.263. The number of amides is 1. The maximum absolute atomic E-state index is 12.3. The van der Waals surface area contributed by atoms with Crippen LogP contribution in [-0.4, -0.2) is 31.4 Å². The average Bonchev–Trinajstić information content (AvgIpc) is 3.07. The first-order valence-electron chi connectivity index (χ1n) is 8.61. The summed E-state index contributed by atoms with van der Waals surface area (Å²) in [4.78, 5) is 16.4. The van der Waals surface area contributed by atoms with Crippen LogP contribution < -0.4 is 5.32 Å². The van der Waals surface area contributed by atoms with E-state index in [2.05, 4.69) is 47.9 Å². The Morgan fingerprint density at radius 1 is 1.22 bits per heavy atom. The molecule has 8 heteroatoms. The topological polar surface area (TPSA) is 72.7 Å². The van der Waals surface area contributed by atoms with Crippen molar-refractivity contribution >= 4 is 39.3 Å². The molecule has 0 bridgehead atoms. The van der Waals surface area contributed by atoms with Crippen molar-refractivity contribution in [3.8, 4) is 11.4 Å². The number of benzene rings is 1. The molecule has 0 saturated heterocycles. The molecule has 2 aromatic heterocycles. The highest BCUT2D eigenvalue weighted by Gasteiger charge is 2.15. The van der Waals surface area contributed by atoms with Gasteiger partial charge >= 0.3 is 0 Å². The van der Waals surface area contributed by atoms with Crippen molar-refractivity contribution in [1.82, 2.24) is 19.7 Å². The summed E-state index contributed by atoms with van der Waals surface area (Å²) >= 11 is 4.85. The van der Waals surface area contributed by atoms with Crippen LogP contribution in [-0.2, 0) is 11.3 Å². The van der Waals surface area contributed by atoms with E-state index in [1.807, 2.05) is 37.3 Å². The van der Waals surface area contributed by atoms with Gasteiger partial charge in [-0.1, -0.05) is 34.6 Å². The molecule has 0 aliphatic rings. The summed E-state index contributed by atoms with van der Waals surface area (Å²) in [7, 11) is 0. The Morgan fingerprint density at radius 2 is 2.00 bits per heavy atom. The highest BCUT2D eigenvalue weighted by atomic mass is 79.9. The zero-order chi connectivity index (χ0) is 19.2. The second-order valence-electron chi connectivity index (χ2n) is 5.99. The Morgan fingerprint density at radius 3 is 2.70 bits per heavy atom. The third-order valence-electron chi connectivity index (χ3n) is 3.88. The number of halogens is 1. The number of anilines is 1. The van der Waals surface area contributed by atoms with Crippen LogP contribution in [0.1, 0.15) is 18.9 Å². The van der Waals surface area contributed by atoms with Crippen molar-refractivity contribution in [2.24, 2.45) is 0 Å². The van der Waals surface area contributed by atoms with Crippen LogP contribution in [0.3, 0.4) is 0 Å². The minimum atomic E-state index is -0.0711. The number of nitrogens with zero attached hydrogens (tertiary/aromatic N) is 4. The summed E-state index contributed by atoms with van der Waals surface area (Å²) in [6, 6.07) is 9.56. The predicted molar refractivity (Wildman–Crippen MR) is 112 cm³/mol. The lowest BCUT2D eigenvalue weighted by molar-refractivity contribution is -0.113. The number of thioether (sulfide) groups is 1. The highest BCUT2D eigenvalue weighted by Crippen LogP contribution is 2.25. The molecule has 1 aromatic carbocycles. The molecule has 1 N–H and O–H groups in total. The van der Waals surface area contributed by atoms with Crippen LogP contribution in [0.15, 0.2) is 52.4 Å². The Hall–Kier alpha value is -2.19. The van der Waals surface area contributed by atoms with Gasteiger partial charge in [-0.05, 0) is 49.2 Å². The molecule has 6 nitrogen and oxygen atoms in total. The number of carbonyl (C=O) groups excluding carboxylic acids is 1. The number of aromatic nitrogens is 4. The molecule has 27 heavy (non-hydrogen) atoms. The van der Waals surface area contributed by atoms with Gasteiger partial charge in [0.1, 0.15) is 0 Å². The zero-order valence-corrected chi connectivity index (χ0v) is 17.5. The average molecular weight is 446 g/mol. The lowest BCUT2D eigenvalue weighted by Gasteiger charge is -2.09. The van der Waals surface area contributed by atoms with E-state index in [9.17, 15) is 4.79 Å². The van der Waals surface area contributed by atoms with Crippen molar-refractivity contribution < 1.29 is 4.79 Å². The number of nitrogens with one attached hydrogen (secondary N) is 1. The Bertz CT molecular complexity index is 929. The van der Waals surface area contributed by atoms with Gasteiger partial charge in [-0.3, -0.25) is 9.78 Å². The van der Waals surface area contributed by atoms with E-state index in [-0.39, 0.29) is 11.7 Å². The number of hydrogen-bond acceptors (Lipinski definition) is 5. The molecule has 3 aromatic rings. The van der Waals surface area contributed by atoms with Gasteiger partial charge in [-0.2, -0.15) is 0 Å². The molecule has 0 aliphatic carbocycles. The van der Waals surface area contributed by atoms with Crippen LogP contribution >= 0.6 is 27.7 Å². The molecule has 1 amide bonds. The van der Waals surface area contributed by atoms with Crippen molar-refractivity contribution in [2.75, 3.05) is 11.1 Å². The normalized spacial score (nSPS) is 10.8. The molecule has 0 unspecified atom stereocenters. The number of aryl methyl sites for hydroxylation is 1. The zero-order valence-electron chi connectivity index (χ0n) is 15.1. The van der Waals surface area contributed by atoms with Crippen LogP contribution in [0.25, 0.3) is 11.4 Å². The van der Waals surface area contributed by atoms with Crippen LogP contribution in [0.2, 0.25) is 0 Å². The third kappa shape index (κ3) is 4.95. The molecule has 0 aliphatic heterocycles. The summed E-state index contributed by atoms with van der Waals surface area (Å²) in [6.45, 7) is 4.89. The molecule has 0 saturated carbocycles. The second kappa shape index (κ2) is 9.14. The van der Waals surface area contributed by atoms with Gasteiger partial charge < -0.3 is 9.88 Å². The van der Waals surface area contributed by atoms with E-state index in [4.69, 9.17) is 0 Å². The van der Waals surface area contributed by atoms with E-state index < -0.39 is 0 Å². The predicted octanol–water partition coefficient (Wildman–Crippen LogP) is 4.55. The van der Waals surface area contributed by atoms with Crippen molar-refractivity contribution in [1.29, 1.82) is 0 Å². The smallest absolute Gasteiger partial charge is 0.234 e. The maximum atomic E-state index is 12.3. The minimum absolute atomic E-state index is 0.0711. The largest absolute Gasteiger partial charge is 0.325 e. The third-order valence-corrected chi connectivity index (χ3v) is 5.73. The fourth-order valence-corrected chi connectivity index (χ4v) is 3.60. The number of hydrogen-bond donors (Lipinski definition) is 1. The number of carbonyl (C=O) groups is 1. The molecule has 0 spiro atoms. The quantitative estimate of drug-likeness (QED) is 0.539. The summed E-state index contributed by atoms with van der Waals surface area (Å²) in [5.74, 6) is 0.997. The molecule has 3 rings (SSSR count). The molecular weight excluding hydrogens is 426 g/mol. The van der Waals surface area contributed by atoms with Gasteiger partial charge in [0, 0.05) is 34.7 Å². The van der Waals surface area contributed by atoms with Crippen molar-refractivity contribution in [2.45, 2.75) is 32.0 Å². The first-order valence-corrected chi connectivity index (χ1v) is 10.4.